The van der Waals surface area contributed by atoms with Crippen LogP contribution >= 0.6 is 0 Å². The fraction of sp³-hybridized carbons (Fsp3) is 1.00. The van der Waals surface area contributed by atoms with Crippen LogP contribution in [0, 0.1) is 11.8 Å². The summed E-state index contributed by atoms with van der Waals surface area (Å²) in [6, 6.07) is 0.797. The van der Waals surface area contributed by atoms with Crippen molar-refractivity contribution in [1.82, 2.24) is 9.80 Å². The lowest BCUT2D eigenvalue weighted by Crippen LogP contribution is -2.47. The standard InChI is InChI=1S/C18H35N3/c19-14-17-6-2-1-3-7-18(17)21-12-8-16(9-13-21)15-20-10-4-5-11-20/h16-18H,1-15,19H2. The minimum Gasteiger partial charge on any atom is -0.330 e. The van der Waals surface area contributed by atoms with Gasteiger partial charge >= 0.3 is 0 Å². The number of nitrogens with two attached hydrogens (primary N) is 1. The molecule has 2 N–H and O–H groups in total. The molecule has 3 nitrogen and oxygen atoms in total. The maximum absolute atomic E-state index is 6.07. The lowest BCUT2D eigenvalue weighted by Gasteiger charge is -2.41. The van der Waals surface area contributed by atoms with Gasteiger partial charge in [-0.1, -0.05) is 19.3 Å². The zero-order chi connectivity index (χ0) is 14.5. The summed E-state index contributed by atoms with van der Waals surface area (Å²) in [5, 5.41) is 0. The summed E-state index contributed by atoms with van der Waals surface area (Å²) in [7, 11) is 0. The molecule has 0 aromatic heterocycles. The number of rotatable bonds is 4. The first-order chi connectivity index (χ1) is 10.4. The summed E-state index contributed by atoms with van der Waals surface area (Å²) in [5.41, 5.74) is 6.07. The van der Waals surface area contributed by atoms with Crippen LogP contribution in [0.4, 0.5) is 0 Å². The fourth-order valence-electron chi connectivity index (χ4n) is 4.92. The number of likely N-dealkylation sites (tertiary alicyclic amines) is 2. The van der Waals surface area contributed by atoms with E-state index in [2.05, 4.69) is 9.80 Å². The van der Waals surface area contributed by atoms with E-state index in [1.54, 1.807) is 0 Å². The molecule has 2 unspecified atom stereocenters. The molecule has 3 heteroatoms. The van der Waals surface area contributed by atoms with Gasteiger partial charge in [0.2, 0.25) is 0 Å². The molecule has 3 fully saturated rings. The molecule has 0 amide bonds. The third kappa shape index (κ3) is 4.20. The molecule has 1 saturated carbocycles. The third-order valence-corrected chi connectivity index (χ3v) is 6.25. The molecule has 122 valence electrons. The van der Waals surface area contributed by atoms with Crippen molar-refractivity contribution in [2.45, 2.75) is 63.8 Å². The number of nitrogens with zero attached hydrogens (tertiary/aromatic N) is 2. The van der Waals surface area contributed by atoms with Crippen molar-refractivity contribution < 1.29 is 0 Å². The first kappa shape index (κ1) is 15.8. The molecule has 0 spiro atoms. The highest BCUT2D eigenvalue weighted by atomic mass is 15.2. The Morgan fingerprint density at radius 2 is 1.48 bits per heavy atom. The average molecular weight is 293 g/mol. The van der Waals surface area contributed by atoms with Gasteiger partial charge in [-0.25, -0.2) is 0 Å². The van der Waals surface area contributed by atoms with E-state index in [-0.39, 0.29) is 0 Å². The third-order valence-electron chi connectivity index (χ3n) is 6.25. The number of piperidine rings is 1. The van der Waals surface area contributed by atoms with Crippen molar-refractivity contribution in [3.8, 4) is 0 Å². The molecule has 2 heterocycles. The van der Waals surface area contributed by atoms with Gasteiger partial charge < -0.3 is 15.5 Å². The van der Waals surface area contributed by atoms with E-state index in [1.165, 1.54) is 90.5 Å². The van der Waals surface area contributed by atoms with Crippen molar-refractivity contribution in [1.29, 1.82) is 0 Å². The number of hydrogen-bond acceptors (Lipinski definition) is 3. The molecule has 3 aliphatic rings. The predicted octanol–water partition coefficient (Wildman–Crippen LogP) is 2.70. The van der Waals surface area contributed by atoms with Crippen molar-refractivity contribution in [3.05, 3.63) is 0 Å². The Hall–Kier alpha value is -0.120. The average Bonchev–Trinajstić information content (AvgIpc) is 2.90. The molecule has 2 aliphatic heterocycles. The summed E-state index contributed by atoms with van der Waals surface area (Å²) >= 11 is 0. The fourth-order valence-corrected chi connectivity index (χ4v) is 4.92. The molecule has 21 heavy (non-hydrogen) atoms. The Kier molecular flexibility index (Phi) is 5.96. The van der Waals surface area contributed by atoms with E-state index >= 15 is 0 Å². The lowest BCUT2D eigenvalue weighted by molar-refractivity contribution is 0.0814. The van der Waals surface area contributed by atoms with Crippen molar-refractivity contribution in [2.75, 3.05) is 39.3 Å². The van der Waals surface area contributed by atoms with Crippen LogP contribution in [0.5, 0.6) is 0 Å². The highest BCUT2D eigenvalue weighted by molar-refractivity contribution is 4.86. The second-order valence-electron chi connectivity index (χ2n) is 7.69. The van der Waals surface area contributed by atoms with Gasteiger partial charge in [-0.2, -0.15) is 0 Å². The zero-order valence-corrected chi connectivity index (χ0v) is 13.8. The van der Waals surface area contributed by atoms with Gasteiger partial charge in [0.25, 0.3) is 0 Å². The van der Waals surface area contributed by atoms with Gasteiger partial charge in [0, 0.05) is 12.6 Å². The summed E-state index contributed by atoms with van der Waals surface area (Å²) in [6.07, 6.45) is 12.7. The molecule has 0 bridgehead atoms. The van der Waals surface area contributed by atoms with Crippen molar-refractivity contribution >= 4 is 0 Å². The first-order valence-electron chi connectivity index (χ1n) is 9.53. The van der Waals surface area contributed by atoms with E-state index in [9.17, 15) is 0 Å². The van der Waals surface area contributed by atoms with Gasteiger partial charge in [-0.3, -0.25) is 0 Å². The first-order valence-corrected chi connectivity index (χ1v) is 9.53. The number of hydrogen-bond donors (Lipinski definition) is 1. The molecule has 0 aromatic rings. The van der Waals surface area contributed by atoms with E-state index in [0.717, 1.165) is 24.4 Å². The highest BCUT2D eigenvalue weighted by Gasteiger charge is 2.31. The quantitative estimate of drug-likeness (QED) is 0.809. The maximum atomic E-state index is 6.07. The zero-order valence-electron chi connectivity index (χ0n) is 13.8. The Morgan fingerprint density at radius 3 is 2.19 bits per heavy atom. The highest BCUT2D eigenvalue weighted by Crippen LogP contribution is 2.30. The predicted molar refractivity (Wildman–Crippen MR) is 89.4 cm³/mol. The minimum atomic E-state index is 0.766. The molecule has 2 saturated heterocycles. The van der Waals surface area contributed by atoms with E-state index in [4.69, 9.17) is 5.73 Å². The van der Waals surface area contributed by atoms with E-state index < -0.39 is 0 Å². The minimum absolute atomic E-state index is 0.766. The topological polar surface area (TPSA) is 32.5 Å². The molecule has 0 radical (unpaired) electrons. The molecular formula is C18H35N3. The van der Waals surface area contributed by atoms with E-state index in [0.29, 0.717) is 0 Å². The van der Waals surface area contributed by atoms with Crippen LogP contribution in [-0.4, -0.2) is 55.1 Å². The summed E-state index contributed by atoms with van der Waals surface area (Å²) < 4.78 is 0. The van der Waals surface area contributed by atoms with Crippen molar-refractivity contribution in [2.24, 2.45) is 17.6 Å². The summed E-state index contributed by atoms with van der Waals surface area (Å²) in [4.78, 5) is 5.51. The normalized spacial score (nSPS) is 34.1. The molecular weight excluding hydrogens is 258 g/mol. The van der Waals surface area contributed by atoms with E-state index in [1.807, 2.05) is 0 Å². The summed E-state index contributed by atoms with van der Waals surface area (Å²) in [5.74, 6) is 1.73. The Balaban J connectivity index is 1.47. The SMILES string of the molecule is NCC1CCCCCC1N1CCC(CN2CCCC2)CC1. The Bertz CT molecular complexity index is 293. The maximum Gasteiger partial charge on any atom is 0.0136 e. The van der Waals surface area contributed by atoms with Crippen LogP contribution in [0.2, 0.25) is 0 Å². The van der Waals surface area contributed by atoms with Gasteiger partial charge in [-0.15, -0.1) is 0 Å². The Morgan fingerprint density at radius 1 is 0.762 bits per heavy atom. The summed E-state index contributed by atoms with van der Waals surface area (Å²) in [6.45, 7) is 7.66. The molecule has 0 aromatic carbocycles. The monoisotopic (exact) mass is 293 g/mol. The molecule has 3 rings (SSSR count). The largest absolute Gasteiger partial charge is 0.330 e. The molecule has 2 atom stereocenters. The van der Waals surface area contributed by atoms with Crippen LogP contribution in [0.1, 0.15) is 57.8 Å². The van der Waals surface area contributed by atoms with Crippen LogP contribution in [0.3, 0.4) is 0 Å². The van der Waals surface area contributed by atoms with Crippen LogP contribution < -0.4 is 5.73 Å². The van der Waals surface area contributed by atoms with Gasteiger partial charge in [0.15, 0.2) is 0 Å². The van der Waals surface area contributed by atoms with Crippen molar-refractivity contribution in [3.63, 3.8) is 0 Å². The second-order valence-corrected chi connectivity index (χ2v) is 7.69. The van der Waals surface area contributed by atoms with Crippen LogP contribution in [-0.2, 0) is 0 Å². The van der Waals surface area contributed by atoms with Gasteiger partial charge in [-0.05, 0) is 83.1 Å². The smallest absolute Gasteiger partial charge is 0.0136 e. The lowest BCUT2D eigenvalue weighted by atomic mass is 9.89. The Labute approximate surface area is 131 Å². The second kappa shape index (κ2) is 7.94. The van der Waals surface area contributed by atoms with Crippen LogP contribution in [0.15, 0.2) is 0 Å². The molecule has 1 aliphatic carbocycles. The van der Waals surface area contributed by atoms with Crippen LogP contribution in [0.25, 0.3) is 0 Å². The van der Waals surface area contributed by atoms with Gasteiger partial charge in [0.1, 0.15) is 0 Å². The van der Waals surface area contributed by atoms with Gasteiger partial charge in [0.05, 0.1) is 0 Å².